The van der Waals surface area contributed by atoms with Crippen LogP contribution in [0.5, 0.6) is 0 Å². The Labute approximate surface area is 147 Å². The van der Waals surface area contributed by atoms with Gasteiger partial charge in [0.2, 0.25) is 0 Å². The average Bonchev–Trinajstić information content (AvgIpc) is 3.24. The number of nitrogens with one attached hydrogen (secondary N) is 1. The minimum Gasteiger partial charge on any atom is -0.459 e. The Morgan fingerprint density at radius 3 is 2.68 bits per heavy atom. The fraction of sp³-hybridized carbons (Fsp3) is 0.167. The van der Waals surface area contributed by atoms with Crippen LogP contribution < -0.4 is 5.32 Å². The summed E-state index contributed by atoms with van der Waals surface area (Å²) < 4.78 is 11.0. The molecule has 0 aliphatic carbocycles. The third-order valence-electron chi connectivity index (χ3n) is 3.71. The van der Waals surface area contributed by atoms with Gasteiger partial charge in [-0.2, -0.15) is 0 Å². The number of rotatable bonds is 3. The van der Waals surface area contributed by atoms with Crippen LogP contribution in [0.3, 0.4) is 0 Å². The summed E-state index contributed by atoms with van der Waals surface area (Å²) in [6, 6.07) is 9.10. The van der Waals surface area contributed by atoms with Crippen LogP contribution in [0.15, 0.2) is 39.2 Å². The number of carbonyl (C=O) groups is 1. The zero-order chi connectivity index (χ0) is 17.6. The van der Waals surface area contributed by atoms with Crippen LogP contribution in [-0.4, -0.2) is 15.9 Å². The van der Waals surface area contributed by atoms with E-state index in [-0.39, 0.29) is 5.91 Å². The number of oxazole rings is 1. The van der Waals surface area contributed by atoms with Gasteiger partial charge in [0.25, 0.3) is 5.91 Å². The van der Waals surface area contributed by atoms with Crippen LogP contribution in [0.1, 0.15) is 27.0 Å². The number of carbonyl (C=O) groups excluding carboxylic acids is 1. The first kappa shape index (κ1) is 15.6. The minimum atomic E-state index is -0.205. The van der Waals surface area contributed by atoms with Crippen molar-refractivity contribution in [1.82, 2.24) is 9.97 Å². The summed E-state index contributed by atoms with van der Waals surface area (Å²) >= 11 is 1.31. The molecular formula is C18H15N3O3S. The van der Waals surface area contributed by atoms with E-state index < -0.39 is 0 Å². The summed E-state index contributed by atoms with van der Waals surface area (Å²) in [7, 11) is 0. The second kappa shape index (κ2) is 5.86. The highest BCUT2D eigenvalue weighted by Crippen LogP contribution is 2.30. The van der Waals surface area contributed by atoms with Gasteiger partial charge in [0.05, 0.1) is 5.69 Å². The van der Waals surface area contributed by atoms with Crippen LogP contribution in [0.4, 0.5) is 5.69 Å². The molecule has 0 saturated carbocycles. The summed E-state index contributed by atoms with van der Waals surface area (Å²) in [6.07, 6.45) is 0. The Kier molecular flexibility index (Phi) is 3.65. The van der Waals surface area contributed by atoms with Gasteiger partial charge < -0.3 is 14.2 Å². The lowest BCUT2D eigenvalue weighted by Gasteiger charge is -2.03. The predicted octanol–water partition coefficient (Wildman–Crippen LogP) is 4.72. The Morgan fingerprint density at radius 1 is 1.08 bits per heavy atom. The standard InChI is InChI=1S/C18H15N3O3S/c1-9-4-6-15(23-9)18-19-10(2)16(25-18)17(22)21-12-5-7-14-13(8-12)20-11(3)24-14/h4-8H,1-3H3,(H,21,22). The maximum absolute atomic E-state index is 12.6. The summed E-state index contributed by atoms with van der Waals surface area (Å²) in [4.78, 5) is 21.9. The molecule has 1 amide bonds. The molecule has 4 rings (SSSR count). The number of hydrogen-bond donors (Lipinski definition) is 1. The van der Waals surface area contributed by atoms with Gasteiger partial charge in [0.1, 0.15) is 16.2 Å². The molecule has 0 radical (unpaired) electrons. The number of nitrogens with zero attached hydrogens (tertiary/aromatic N) is 2. The Balaban J connectivity index is 1.60. The number of anilines is 1. The third-order valence-corrected chi connectivity index (χ3v) is 4.88. The molecule has 4 aromatic rings. The molecule has 0 bridgehead atoms. The molecule has 0 aliphatic heterocycles. The zero-order valence-corrected chi connectivity index (χ0v) is 14.7. The molecule has 1 N–H and O–H groups in total. The molecule has 0 unspecified atom stereocenters. The molecule has 25 heavy (non-hydrogen) atoms. The molecule has 0 fully saturated rings. The molecule has 6 nitrogen and oxygen atoms in total. The van der Waals surface area contributed by atoms with Gasteiger partial charge in [-0.1, -0.05) is 0 Å². The fourth-order valence-corrected chi connectivity index (χ4v) is 3.49. The maximum Gasteiger partial charge on any atom is 0.267 e. The Morgan fingerprint density at radius 2 is 1.92 bits per heavy atom. The number of amides is 1. The van der Waals surface area contributed by atoms with Crippen LogP contribution in [0.25, 0.3) is 21.9 Å². The van der Waals surface area contributed by atoms with E-state index in [1.165, 1.54) is 11.3 Å². The highest BCUT2D eigenvalue weighted by atomic mass is 32.1. The zero-order valence-electron chi connectivity index (χ0n) is 13.9. The molecule has 3 aromatic heterocycles. The lowest BCUT2D eigenvalue weighted by molar-refractivity contribution is 0.103. The van der Waals surface area contributed by atoms with Crippen molar-refractivity contribution in [3.8, 4) is 10.8 Å². The topological polar surface area (TPSA) is 81.2 Å². The molecule has 0 spiro atoms. The lowest BCUT2D eigenvalue weighted by Crippen LogP contribution is -2.11. The molecule has 3 heterocycles. The van der Waals surface area contributed by atoms with Crippen LogP contribution in [-0.2, 0) is 0 Å². The van der Waals surface area contributed by atoms with Crippen molar-refractivity contribution in [2.75, 3.05) is 5.32 Å². The molecule has 1 aromatic carbocycles. The van der Waals surface area contributed by atoms with Gasteiger partial charge >= 0.3 is 0 Å². The van der Waals surface area contributed by atoms with Crippen molar-refractivity contribution in [3.05, 3.63) is 52.6 Å². The van der Waals surface area contributed by atoms with Crippen molar-refractivity contribution in [2.24, 2.45) is 0 Å². The number of fused-ring (bicyclic) bond motifs is 1. The van der Waals surface area contributed by atoms with Gasteiger partial charge in [-0.3, -0.25) is 4.79 Å². The van der Waals surface area contributed by atoms with Crippen LogP contribution in [0, 0.1) is 20.8 Å². The van der Waals surface area contributed by atoms with E-state index >= 15 is 0 Å². The van der Waals surface area contributed by atoms with E-state index in [2.05, 4.69) is 15.3 Å². The molecule has 7 heteroatoms. The van der Waals surface area contributed by atoms with Crippen molar-refractivity contribution >= 4 is 34.0 Å². The van der Waals surface area contributed by atoms with Crippen molar-refractivity contribution in [3.63, 3.8) is 0 Å². The number of thiazole rings is 1. The van der Waals surface area contributed by atoms with E-state index in [9.17, 15) is 4.79 Å². The number of furan rings is 1. The number of aromatic nitrogens is 2. The first-order chi connectivity index (χ1) is 12.0. The first-order valence-corrected chi connectivity index (χ1v) is 8.54. The quantitative estimate of drug-likeness (QED) is 0.576. The minimum absolute atomic E-state index is 0.205. The SMILES string of the molecule is Cc1ccc(-c2nc(C)c(C(=O)Nc3ccc4oc(C)nc4c3)s2)o1. The van der Waals surface area contributed by atoms with Gasteiger partial charge in [0, 0.05) is 12.6 Å². The largest absolute Gasteiger partial charge is 0.459 e. The van der Waals surface area contributed by atoms with Crippen molar-refractivity contribution < 1.29 is 13.6 Å². The summed E-state index contributed by atoms with van der Waals surface area (Å²) in [5.74, 6) is 1.87. The van der Waals surface area contributed by atoms with E-state index in [0.717, 1.165) is 5.76 Å². The fourth-order valence-electron chi connectivity index (χ4n) is 2.57. The van der Waals surface area contributed by atoms with Crippen molar-refractivity contribution in [1.29, 1.82) is 0 Å². The number of hydrogen-bond acceptors (Lipinski definition) is 6. The third kappa shape index (κ3) is 2.94. The van der Waals surface area contributed by atoms with Crippen molar-refractivity contribution in [2.45, 2.75) is 20.8 Å². The Hall–Kier alpha value is -2.93. The Bertz CT molecular complexity index is 1090. The molecule has 0 atom stereocenters. The molecule has 0 saturated heterocycles. The van der Waals surface area contributed by atoms with Gasteiger partial charge in [-0.25, -0.2) is 9.97 Å². The highest BCUT2D eigenvalue weighted by molar-refractivity contribution is 7.17. The average molecular weight is 353 g/mol. The highest BCUT2D eigenvalue weighted by Gasteiger charge is 2.18. The van der Waals surface area contributed by atoms with E-state index in [0.29, 0.717) is 44.0 Å². The van der Waals surface area contributed by atoms with Crippen LogP contribution >= 0.6 is 11.3 Å². The van der Waals surface area contributed by atoms with Crippen LogP contribution in [0.2, 0.25) is 0 Å². The predicted molar refractivity (Wildman–Crippen MR) is 96.0 cm³/mol. The second-order valence-corrected chi connectivity index (χ2v) is 6.71. The van der Waals surface area contributed by atoms with Gasteiger partial charge in [-0.15, -0.1) is 11.3 Å². The monoisotopic (exact) mass is 353 g/mol. The summed E-state index contributed by atoms with van der Waals surface area (Å²) in [6.45, 7) is 5.48. The van der Waals surface area contributed by atoms with E-state index in [4.69, 9.17) is 8.83 Å². The second-order valence-electron chi connectivity index (χ2n) is 5.71. The lowest BCUT2D eigenvalue weighted by atomic mass is 10.2. The number of benzene rings is 1. The van der Waals surface area contributed by atoms with Gasteiger partial charge in [0.15, 0.2) is 22.2 Å². The number of aryl methyl sites for hydroxylation is 3. The first-order valence-electron chi connectivity index (χ1n) is 7.72. The molecule has 0 aliphatic rings. The summed E-state index contributed by atoms with van der Waals surface area (Å²) in [5, 5.41) is 3.58. The maximum atomic E-state index is 12.6. The summed E-state index contributed by atoms with van der Waals surface area (Å²) in [5.41, 5.74) is 2.74. The van der Waals surface area contributed by atoms with E-state index in [1.807, 2.05) is 26.0 Å². The normalized spacial score (nSPS) is 11.2. The smallest absolute Gasteiger partial charge is 0.267 e. The van der Waals surface area contributed by atoms with Gasteiger partial charge in [-0.05, 0) is 44.2 Å². The molecule has 126 valence electrons. The molecular weight excluding hydrogens is 338 g/mol. The van der Waals surface area contributed by atoms with E-state index in [1.54, 1.807) is 25.1 Å².